The highest BCUT2D eigenvalue weighted by Gasteiger charge is 2.25. The van der Waals surface area contributed by atoms with Gasteiger partial charge < -0.3 is 25.0 Å². The third-order valence-electron chi connectivity index (χ3n) is 4.02. The predicted molar refractivity (Wildman–Crippen MR) is 101 cm³/mol. The number of hydrogen-bond acceptors (Lipinski definition) is 5. The van der Waals surface area contributed by atoms with Gasteiger partial charge in [-0.3, -0.25) is 9.78 Å². The summed E-state index contributed by atoms with van der Waals surface area (Å²) in [6, 6.07) is 3.58. The molecule has 1 aromatic rings. The number of ether oxygens (including phenoxy) is 2. The van der Waals surface area contributed by atoms with Gasteiger partial charge in [0.2, 0.25) is 5.91 Å². The summed E-state index contributed by atoms with van der Waals surface area (Å²) in [7, 11) is 1.67. The van der Waals surface area contributed by atoms with E-state index in [1.165, 1.54) is 0 Å². The van der Waals surface area contributed by atoms with Crippen LogP contribution in [0.25, 0.3) is 0 Å². The molecule has 26 heavy (non-hydrogen) atoms. The second-order valence-electron chi connectivity index (χ2n) is 6.13. The molecule has 0 radical (unpaired) electrons. The minimum Gasteiger partial charge on any atom is -0.382 e. The molecule has 1 saturated heterocycles. The van der Waals surface area contributed by atoms with Gasteiger partial charge in [-0.05, 0) is 25.5 Å². The highest BCUT2D eigenvalue weighted by Crippen LogP contribution is 2.16. The minimum absolute atomic E-state index is 0.0722. The van der Waals surface area contributed by atoms with Crippen molar-refractivity contribution in [2.24, 2.45) is 10.9 Å². The van der Waals surface area contributed by atoms with Crippen LogP contribution in [0.5, 0.6) is 0 Å². The first kappa shape index (κ1) is 20.1. The van der Waals surface area contributed by atoms with E-state index in [1.807, 2.05) is 6.92 Å². The van der Waals surface area contributed by atoms with Crippen molar-refractivity contribution in [3.63, 3.8) is 0 Å². The van der Waals surface area contributed by atoms with E-state index in [2.05, 4.69) is 25.5 Å². The Balaban J connectivity index is 1.81. The van der Waals surface area contributed by atoms with Gasteiger partial charge in [0.05, 0.1) is 31.7 Å². The molecule has 0 saturated carbocycles. The molecule has 1 aliphatic heterocycles. The molecule has 1 aliphatic rings. The summed E-state index contributed by atoms with van der Waals surface area (Å²) in [6.45, 7) is 6.60. The predicted octanol–water partition coefficient (Wildman–Crippen LogP) is 0.970. The molecule has 2 heterocycles. The fourth-order valence-corrected chi connectivity index (χ4v) is 2.76. The first-order valence-corrected chi connectivity index (χ1v) is 9.02. The number of carbonyl (C=O) groups excluding carboxylic acids is 1. The van der Waals surface area contributed by atoms with Crippen LogP contribution in [0.2, 0.25) is 0 Å². The van der Waals surface area contributed by atoms with Crippen LogP contribution in [0.3, 0.4) is 0 Å². The molecule has 1 amide bonds. The SMILES string of the molecule is CCNC(=NCC(=O)Nc1cccnc1)N1CCC(COCCOC)C1. The van der Waals surface area contributed by atoms with E-state index in [9.17, 15) is 4.79 Å². The normalized spacial score (nSPS) is 17.4. The Bertz CT molecular complexity index is 567. The molecule has 2 rings (SSSR count). The van der Waals surface area contributed by atoms with Gasteiger partial charge in [0.25, 0.3) is 0 Å². The third kappa shape index (κ3) is 6.97. The zero-order valence-electron chi connectivity index (χ0n) is 15.6. The van der Waals surface area contributed by atoms with E-state index in [1.54, 1.807) is 31.6 Å². The number of guanidine groups is 1. The fraction of sp³-hybridized carbons (Fsp3) is 0.611. The molecule has 8 nitrogen and oxygen atoms in total. The fourth-order valence-electron chi connectivity index (χ4n) is 2.76. The number of methoxy groups -OCH3 is 1. The smallest absolute Gasteiger partial charge is 0.246 e. The zero-order chi connectivity index (χ0) is 18.6. The quantitative estimate of drug-likeness (QED) is 0.386. The van der Waals surface area contributed by atoms with Crippen LogP contribution in [0.15, 0.2) is 29.5 Å². The highest BCUT2D eigenvalue weighted by atomic mass is 16.5. The standard InChI is InChI=1S/C18H29N5O3/c1-3-20-18(21-12-17(24)22-16-5-4-7-19-11-16)23-8-6-15(13-23)14-26-10-9-25-2/h4-5,7,11,15H,3,6,8-10,12-14H2,1-2H3,(H,20,21)(H,22,24). The number of anilines is 1. The lowest BCUT2D eigenvalue weighted by atomic mass is 10.1. The number of nitrogens with one attached hydrogen (secondary N) is 2. The summed E-state index contributed by atoms with van der Waals surface area (Å²) in [6.07, 6.45) is 4.33. The monoisotopic (exact) mass is 363 g/mol. The zero-order valence-corrected chi connectivity index (χ0v) is 15.6. The average molecular weight is 363 g/mol. The lowest BCUT2D eigenvalue weighted by Crippen LogP contribution is -2.40. The minimum atomic E-state index is -0.160. The molecule has 8 heteroatoms. The number of rotatable bonds is 9. The van der Waals surface area contributed by atoms with Crippen molar-refractivity contribution in [1.82, 2.24) is 15.2 Å². The van der Waals surface area contributed by atoms with Crippen LogP contribution >= 0.6 is 0 Å². The van der Waals surface area contributed by atoms with Crippen LogP contribution < -0.4 is 10.6 Å². The van der Waals surface area contributed by atoms with Crippen LogP contribution in [-0.4, -0.2) is 74.9 Å². The van der Waals surface area contributed by atoms with Crippen molar-refractivity contribution in [1.29, 1.82) is 0 Å². The lowest BCUT2D eigenvalue weighted by Gasteiger charge is -2.21. The number of hydrogen-bond donors (Lipinski definition) is 2. The molecule has 1 unspecified atom stereocenters. The van der Waals surface area contributed by atoms with Crippen molar-refractivity contribution in [2.75, 3.05) is 58.4 Å². The number of aliphatic imine (C=N–C) groups is 1. The Morgan fingerprint density at radius 3 is 3.08 bits per heavy atom. The molecule has 0 aliphatic carbocycles. The van der Waals surface area contributed by atoms with Gasteiger partial charge in [-0.15, -0.1) is 0 Å². The van der Waals surface area contributed by atoms with Crippen LogP contribution in [-0.2, 0) is 14.3 Å². The number of pyridine rings is 1. The third-order valence-corrected chi connectivity index (χ3v) is 4.02. The first-order valence-electron chi connectivity index (χ1n) is 9.02. The molecule has 0 spiro atoms. The van der Waals surface area contributed by atoms with E-state index >= 15 is 0 Å². The largest absolute Gasteiger partial charge is 0.382 e. The van der Waals surface area contributed by atoms with E-state index in [0.29, 0.717) is 24.8 Å². The number of likely N-dealkylation sites (tertiary alicyclic amines) is 1. The molecule has 0 aromatic carbocycles. The van der Waals surface area contributed by atoms with Gasteiger partial charge in [-0.2, -0.15) is 0 Å². The van der Waals surface area contributed by atoms with E-state index in [4.69, 9.17) is 9.47 Å². The van der Waals surface area contributed by atoms with Crippen molar-refractivity contribution < 1.29 is 14.3 Å². The molecule has 2 N–H and O–H groups in total. The summed E-state index contributed by atoms with van der Waals surface area (Å²) in [5, 5.41) is 6.06. The summed E-state index contributed by atoms with van der Waals surface area (Å²) in [4.78, 5) is 22.7. The van der Waals surface area contributed by atoms with E-state index in [0.717, 1.165) is 38.6 Å². The maximum Gasteiger partial charge on any atom is 0.246 e. The van der Waals surface area contributed by atoms with Gasteiger partial charge >= 0.3 is 0 Å². The number of nitrogens with zero attached hydrogens (tertiary/aromatic N) is 3. The number of carbonyl (C=O) groups is 1. The summed E-state index contributed by atoms with van der Waals surface area (Å²) >= 11 is 0. The average Bonchev–Trinajstić information content (AvgIpc) is 3.12. The summed E-state index contributed by atoms with van der Waals surface area (Å²) in [5.41, 5.74) is 0.673. The van der Waals surface area contributed by atoms with E-state index < -0.39 is 0 Å². The van der Waals surface area contributed by atoms with Crippen molar-refractivity contribution in [3.05, 3.63) is 24.5 Å². The Labute approximate surface area is 155 Å². The molecular formula is C18H29N5O3. The Morgan fingerprint density at radius 2 is 2.35 bits per heavy atom. The van der Waals surface area contributed by atoms with Gasteiger partial charge in [0.15, 0.2) is 5.96 Å². The Hall–Kier alpha value is -2.19. The van der Waals surface area contributed by atoms with Crippen LogP contribution in [0, 0.1) is 5.92 Å². The summed E-state index contributed by atoms with van der Waals surface area (Å²) < 4.78 is 10.6. The molecular weight excluding hydrogens is 334 g/mol. The molecule has 0 bridgehead atoms. The Morgan fingerprint density at radius 1 is 1.46 bits per heavy atom. The first-order chi connectivity index (χ1) is 12.7. The summed E-state index contributed by atoms with van der Waals surface area (Å²) in [5.74, 6) is 1.08. The highest BCUT2D eigenvalue weighted by molar-refractivity contribution is 5.93. The van der Waals surface area contributed by atoms with Crippen molar-refractivity contribution in [3.8, 4) is 0 Å². The molecule has 1 atom stereocenters. The van der Waals surface area contributed by atoms with Crippen molar-refractivity contribution in [2.45, 2.75) is 13.3 Å². The molecule has 1 aromatic heterocycles. The van der Waals surface area contributed by atoms with Crippen LogP contribution in [0.4, 0.5) is 5.69 Å². The van der Waals surface area contributed by atoms with Gasteiger partial charge in [-0.25, -0.2) is 4.99 Å². The van der Waals surface area contributed by atoms with E-state index in [-0.39, 0.29) is 12.5 Å². The lowest BCUT2D eigenvalue weighted by molar-refractivity contribution is -0.114. The topological polar surface area (TPSA) is 88.1 Å². The van der Waals surface area contributed by atoms with Gasteiger partial charge in [-0.1, -0.05) is 0 Å². The van der Waals surface area contributed by atoms with Crippen molar-refractivity contribution >= 4 is 17.6 Å². The second kappa shape index (κ2) is 11.4. The number of aromatic nitrogens is 1. The van der Waals surface area contributed by atoms with Gasteiger partial charge in [0.1, 0.15) is 6.54 Å². The molecule has 1 fully saturated rings. The van der Waals surface area contributed by atoms with Crippen LogP contribution in [0.1, 0.15) is 13.3 Å². The maximum absolute atomic E-state index is 12.1. The second-order valence-corrected chi connectivity index (χ2v) is 6.13. The maximum atomic E-state index is 12.1. The van der Waals surface area contributed by atoms with Gasteiger partial charge in [0, 0.05) is 38.9 Å². The Kier molecular flexibility index (Phi) is 8.85. The number of amides is 1. The molecule has 144 valence electrons.